The van der Waals surface area contributed by atoms with E-state index in [0.717, 1.165) is 33.4 Å². The Bertz CT molecular complexity index is 1380. The van der Waals surface area contributed by atoms with E-state index in [4.69, 9.17) is 0 Å². The normalized spacial score (nSPS) is 11.1. The van der Waals surface area contributed by atoms with Crippen LogP contribution in [0.5, 0.6) is 0 Å². The molecule has 182 valence electrons. The van der Waals surface area contributed by atoms with Crippen molar-refractivity contribution in [2.75, 3.05) is 0 Å². The van der Waals surface area contributed by atoms with Gasteiger partial charge in [-0.05, 0) is 63.8 Å². The maximum Gasteiger partial charge on any atom is 0.194 e. The predicted molar refractivity (Wildman–Crippen MR) is 149 cm³/mol. The van der Waals surface area contributed by atoms with Gasteiger partial charge in [-0.1, -0.05) is 83.9 Å². The van der Waals surface area contributed by atoms with Crippen LogP contribution in [0.4, 0.5) is 0 Å². The lowest BCUT2D eigenvalue weighted by Crippen LogP contribution is -2.22. The molecule has 4 aromatic rings. The van der Waals surface area contributed by atoms with Crippen molar-refractivity contribution in [2.24, 2.45) is 0 Å². The van der Waals surface area contributed by atoms with Gasteiger partial charge in [0.1, 0.15) is 7.80 Å². The lowest BCUT2D eigenvalue weighted by Gasteiger charge is -2.16. The summed E-state index contributed by atoms with van der Waals surface area (Å²) in [5, 5.41) is 0.953. The van der Waals surface area contributed by atoms with E-state index in [2.05, 4.69) is 0 Å². The number of carbonyl (C=O) groups excluding carboxylic acids is 2. The van der Waals surface area contributed by atoms with E-state index >= 15 is 0 Å². The Labute approximate surface area is 214 Å². The van der Waals surface area contributed by atoms with E-state index in [9.17, 15) is 14.2 Å². The zero-order chi connectivity index (χ0) is 26.1. The van der Waals surface area contributed by atoms with Gasteiger partial charge in [-0.2, -0.15) is 0 Å². The molecule has 0 aromatic heterocycles. The molecule has 0 saturated heterocycles. The molecule has 0 unspecified atom stereocenters. The Morgan fingerprint density at radius 1 is 0.528 bits per heavy atom. The minimum atomic E-state index is -2.67. The van der Waals surface area contributed by atoms with Crippen LogP contribution in [0.3, 0.4) is 0 Å². The van der Waals surface area contributed by atoms with Gasteiger partial charge in [0.05, 0.1) is 0 Å². The second-order valence-electron chi connectivity index (χ2n) is 9.63. The summed E-state index contributed by atoms with van der Waals surface area (Å²) >= 11 is 0. The summed E-state index contributed by atoms with van der Waals surface area (Å²) < 4.78 is 14.1. The first-order valence-electron chi connectivity index (χ1n) is 12.1. The van der Waals surface area contributed by atoms with Crippen LogP contribution in [-0.4, -0.2) is 11.6 Å². The van der Waals surface area contributed by atoms with Gasteiger partial charge in [-0.15, -0.1) is 0 Å². The van der Waals surface area contributed by atoms with E-state index in [1.54, 1.807) is 48.5 Å². The summed E-state index contributed by atoms with van der Waals surface area (Å²) in [5.41, 5.74) is 7.88. The van der Waals surface area contributed by atoms with Crippen molar-refractivity contribution in [3.63, 3.8) is 0 Å². The number of hydrogen-bond acceptors (Lipinski definition) is 3. The third kappa shape index (κ3) is 4.76. The largest absolute Gasteiger partial charge is 0.317 e. The lowest BCUT2D eigenvalue weighted by atomic mass is 9.93. The van der Waals surface area contributed by atoms with Gasteiger partial charge in [-0.25, -0.2) is 0 Å². The summed E-state index contributed by atoms with van der Waals surface area (Å²) in [4.78, 5) is 27.5. The molecule has 0 atom stereocenters. The molecule has 4 aromatic carbocycles. The first-order chi connectivity index (χ1) is 17.1. The molecule has 3 nitrogen and oxygen atoms in total. The van der Waals surface area contributed by atoms with Crippen LogP contribution in [0.2, 0.25) is 0 Å². The monoisotopic (exact) mass is 494 g/mol. The highest BCUT2D eigenvalue weighted by atomic mass is 31.1. The molecule has 4 heteroatoms. The molecule has 0 radical (unpaired) electrons. The molecule has 0 spiro atoms. The van der Waals surface area contributed by atoms with Gasteiger partial charge >= 0.3 is 0 Å². The minimum absolute atomic E-state index is 0.145. The highest BCUT2D eigenvalue weighted by Gasteiger charge is 2.25. The molecule has 36 heavy (non-hydrogen) atoms. The molecular formula is C32H31O3P. The number of benzene rings is 4. The predicted octanol–water partition coefficient (Wildman–Crippen LogP) is 6.51. The van der Waals surface area contributed by atoms with Gasteiger partial charge in [-0.3, -0.25) is 9.59 Å². The van der Waals surface area contributed by atoms with Crippen LogP contribution < -0.4 is 10.6 Å². The molecule has 0 aliphatic rings. The molecule has 0 bridgehead atoms. The highest BCUT2D eigenvalue weighted by Crippen LogP contribution is 2.29. The maximum absolute atomic E-state index is 14.1. The number of hydrogen-bond donors (Lipinski definition) is 0. The maximum atomic E-state index is 14.1. The third-order valence-corrected chi connectivity index (χ3v) is 8.49. The lowest BCUT2D eigenvalue weighted by molar-refractivity contribution is 0.103. The third-order valence-electron chi connectivity index (χ3n) is 6.64. The molecular weight excluding hydrogens is 463 g/mol. The van der Waals surface area contributed by atoms with Gasteiger partial charge < -0.3 is 4.57 Å². The second kappa shape index (κ2) is 10.2. The number of carbonyl (C=O) groups is 2. The van der Waals surface area contributed by atoms with Gasteiger partial charge in [0.15, 0.2) is 11.6 Å². The molecule has 0 fully saturated rings. The summed E-state index contributed by atoms with van der Waals surface area (Å²) in [6, 6.07) is 22.1. The Hall–Kier alpha value is -3.55. The van der Waals surface area contributed by atoms with Crippen LogP contribution in [0.15, 0.2) is 72.8 Å². The number of ketones is 2. The Kier molecular flexibility index (Phi) is 7.24. The smallest absolute Gasteiger partial charge is 0.194 e. The van der Waals surface area contributed by atoms with E-state index in [0.29, 0.717) is 32.9 Å². The zero-order valence-electron chi connectivity index (χ0n) is 21.7. The summed E-state index contributed by atoms with van der Waals surface area (Å²) in [7, 11) is -2.67. The quantitative estimate of drug-likeness (QED) is 0.227. The molecule has 0 aliphatic heterocycles. The van der Waals surface area contributed by atoms with Gasteiger partial charge in [0.2, 0.25) is 0 Å². The summed E-state index contributed by atoms with van der Waals surface area (Å²) in [6.07, 6.45) is 0. The SMILES string of the molecule is Cc1cc(C)c(C(=O)c2ccccc2[PH](=O)c2ccccc2C(=O)c2c(C)cc(C)cc2C)c(C)c1. The van der Waals surface area contributed by atoms with Crippen molar-refractivity contribution in [3.05, 3.63) is 128 Å². The van der Waals surface area contributed by atoms with Gasteiger partial charge in [0, 0.05) is 32.9 Å². The van der Waals surface area contributed by atoms with Crippen LogP contribution in [0.25, 0.3) is 0 Å². The Morgan fingerprint density at radius 3 is 1.17 bits per heavy atom. The average molecular weight is 495 g/mol. The van der Waals surface area contributed by atoms with E-state index in [1.807, 2.05) is 65.8 Å². The van der Waals surface area contributed by atoms with Crippen molar-refractivity contribution in [1.29, 1.82) is 0 Å². The van der Waals surface area contributed by atoms with Gasteiger partial charge in [0.25, 0.3) is 0 Å². The number of rotatable bonds is 6. The Balaban J connectivity index is 1.83. The zero-order valence-corrected chi connectivity index (χ0v) is 22.7. The molecule has 0 N–H and O–H groups in total. The highest BCUT2D eigenvalue weighted by molar-refractivity contribution is 7.62. The molecule has 0 saturated carbocycles. The van der Waals surface area contributed by atoms with Crippen LogP contribution >= 0.6 is 7.80 Å². The van der Waals surface area contributed by atoms with Crippen LogP contribution in [0, 0.1) is 41.5 Å². The molecule has 0 amide bonds. The van der Waals surface area contributed by atoms with Crippen molar-refractivity contribution in [3.8, 4) is 0 Å². The van der Waals surface area contributed by atoms with E-state index < -0.39 is 7.80 Å². The first kappa shape index (κ1) is 25.5. The first-order valence-corrected chi connectivity index (χ1v) is 13.5. The summed E-state index contributed by atoms with van der Waals surface area (Å²) in [5.74, 6) is -0.291. The summed E-state index contributed by atoms with van der Waals surface area (Å²) in [6.45, 7) is 11.7. The van der Waals surface area contributed by atoms with Crippen LogP contribution in [0.1, 0.15) is 65.2 Å². The fraction of sp³-hybridized carbons (Fsp3) is 0.188. The fourth-order valence-corrected chi connectivity index (χ4v) is 6.92. The van der Waals surface area contributed by atoms with Crippen molar-refractivity contribution in [1.82, 2.24) is 0 Å². The standard InChI is InChI=1S/C32H31O3P/c1-19-15-21(3)29(22(4)16-19)31(33)25-11-7-9-13-27(25)36(35)28-14-10-8-12-26(28)32(34)30-23(5)17-20(2)18-24(30)6/h7-18,36H,1-6H3. The fourth-order valence-electron chi connectivity index (χ4n) is 5.25. The van der Waals surface area contributed by atoms with Crippen molar-refractivity contribution in [2.45, 2.75) is 41.5 Å². The minimum Gasteiger partial charge on any atom is -0.317 e. The van der Waals surface area contributed by atoms with E-state index in [1.165, 1.54) is 0 Å². The van der Waals surface area contributed by atoms with Crippen LogP contribution in [-0.2, 0) is 4.57 Å². The Morgan fingerprint density at radius 2 is 0.833 bits per heavy atom. The van der Waals surface area contributed by atoms with E-state index in [-0.39, 0.29) is 11.6 Å². The molecule has 0 aliphatic carbocycles. The van der Waals surface area contributed by atoms with Crippen molar-refractivity contribution < 1.29 is 14.2 Å². The average Bonchev–Trinajstić information content (AvgIpc) is 2.82. The number of aryl methyl sites for hydroxylation is 6. The topological polar surface area (TPSA) is 51.2 Å². The van der Waals surface area contributed by atoms with Crippen molar-refractivity contribution >= 4 is 30.0 Å². The second-order valence-corrected chi connectivity index (χ2v) is 11.4. The molecule has 4 rings (SSSR count). The molecule has 0 heterocycles.